The molecule has 8 heteroatoms. The van der Waals surface area contributed by atoms with Crippen LogP contribution in [0.25, 0.3) is 0 Å². The van der Waals surface area contributed by atoms with Gasteiger partial charge in [-0.05, 0) is 18.6 Å². The lowest BCUT2D eigenvalue weighted by molar-refractivity contribution is -0.137. The van der Waals surface area contributed by atoms with E-state index in [4.69, 9.17) is 14.0 Å². The average Bonchev–Trinajstić information content (AvgIpc) is 3.30. The van der Waals surface area contributed by atoms with E-state index in [1.54, 1.807) is 11.0 Å². The van der Waals surface area contributed by atoms with E-state index in [0.29, 0.717) is 58.7 Å². The number of aryl methyl sites for hydroxylation is 1. The van der Waals surface area contributed by atoms with Crippen LogP contribution in [0.15, 0.2) is 40.9 Å². The van der Waals surface area contributed by atoms with Crippen LogP contribution in [0.4, 0.5) is 0 Å². The van der Waals surface area contributed by atoms with E-state index in [1.165, 1.54) is 0 Å². The molecule has 0 spiro atoms. The number of hydrogen-bond acceptors (Lipinski definition) is 6. The first-order valence-corrected chi connectivity index (χ1v) is 11.0. The molecule has 2 aliphatic rings. The third-order valence-corrected chi connectivity index (χ3v) is 5.91. The molecule has 8 nitrogen and oxygen atoms in total. The Hall–Kier alpha value is -2.87. The fraction of sp³-hybridized carbons (Fsp3) is 0.522. The summed E-state index contributed by atoms with van der Waals surface area (Å²) < 4.78 is 16.8. The summed E-state index contributed by atoms with van der Waals surface area (Å²) in [6, 6.07) is 11.3. The number of piperidine rings is 1. The van der Waals surface area contributed by atoms with Gasteiger partial charge in [0, 0.05) is 51.0 Å². The van der Waals surface area contributed by atoms with Crippen molar-refractivity contribution in [3.63, 3.8) is 0 Å². The van der Waals surface area contributed by atoms with E-state index in [2.05, 4.69) is 5.16 Å². The Bertz CT molecular complexity index is 878. The number of carbonyl (C=O) groups is 2. The van der Waals surface area contributed by atoms with Crippen LogP contribution in [-0.4, -0.2) is 72.3 Å². The molecule has 2 atom stereocenters. The highest BCUT2D eigenvalue weighted by Crippen LogP contribution is 2.27. The third-order valence-electron chi connectivity index (χ3n) is 5.91. The molecule has 31 heavy (non-hydrogen) atoms. The van der Waals surface area contributed by atoms with Crippen molar-refractivity contribution < 1.29 is 23.6 Å². The molecule has 0 unspecified atom stereocenters. The monoisotopic (exact) mass is 427 g/mol. The van der Waals surface area contributed by atoms with Crippen molar-refractivity contribution in [3.8, 4) is 5.75 Å². The van der Waals surface area contributed by atoms with Crippen molar-refractivity contribution in [3.05, 3.63) is 47.9 Å². The van der Waals surface area contributed by atoms with Gasteiger partial charge in [-0.3, -0.25) is 9.59 Å². The minimum atomic E-state index is -0.186. The lowest BCUT2D eigenvalue weighted by Crippen LogP contribution is -2.50. The predicted molar refractivity (Wildman–Crippen MR) is 113 cm³/mol. The number of aromatic nitrogens is 1. The maximum Gasteiger partial charge on any atom is 0.292 e. The van der Waals surface area contributed by atoms with Crippen LogP contribution in [0.3, 0.4) is 0 Å². The predicted octanol–water partition coefficient (Wildman–Crippen LogP) is 2.40. The fourth-order valence-electron chi connectivity index (χ4n) is 4.12. The van der Waals surface area contributed by atoms with Gasteiger partial charge in [0.05, 0.1) is 18.9 Å². The number of rotatable bonds is 6. The average molecular weight is 428 g/mol. The smallest absolute Gasteiger partial charge is 0.292 e. The standard InChI is InChI=1S/C23H29N3O5/c1-2-18-15-21(31-24-18)23(28)26-9-8-20(30-19-6-4-3-5-7-19)17(16-26)14-22(27)25-10-12-29-13-11-25/h3-7,15,17,20H,2,8-14,16H2,1H3/t17-,20-/m0/s1. The molecule has 166 valence electrons. The van der Waals surface area contributed by atoms with Crippen LogP contribution in [0.5, 0.6) is 5.75 Å². The summed E-state index contributed by atoms with van der Waals surface area (Å²) in [5.41, 5.74) is 0.754. The molecule has 2 amide bonds. The highest BCUT2D eigenvalue weighted by atomic mass is 16.5. The second-order valence-corrected chi connectivity index (χ2v) is 8.00. The SMILES string of the molecule is CCc1cc(C(=O)N2CC[C@H](Oc3ccccc3)[C@@H](CC(=O)N3CCOCC3)C2)on1. The lowest BCUT2D eigenvalue weighted by atomic mass is 9.90. The molecule has 0 saturated carbocycles. The van der Waals surface area contributed by atoms with Gasteiger partial charge >= 0.3 is 0 Å². The first kappa shape index (κ1) is 21.4. The molecular formula is C23H29N3O5. The van der Waals surface area contributed by atoms with Crippen molar-refractivity contribution in [2.45, 2.75) is 32.3 Å². The largest absolute Gasteiger partial charge is 0.490 e. The Morgan fingerprint density at radius 3 is 2.61 bits per heavy atom. The number of amides is 2. The highest BCUT2D eigenvalue weighted by molar-refractivity contribution is 5.91. The Morgan fingerprint density at radius 2 is 1.90 bits per heavy atom. The van der Waals surface area contributed by atoms with Gasteiger partial charge in [-0.2, -0.15) is 0 Å². The quantitative estimate of drug-likeness (QED) is 0.704. The zero-order chi connectivity index (χ0) is 21.6. The molecule has 0 N–H and O–H groups in total. The van der Waals surface area contributed by atoms with Crippen LogP contribution in [0.1, 0.15) is 36.0 Å². The number of carbonyl (C=O) groups excluding carboxylic acids is 2. The Kier molecular flexibility index (Phi) is 6.86. The number of likely N-dealkylation sites (tertiary alicyclic amines) is 1. The lowest BCUT2D eigenvalue weighted by Gasteiger charge is -2.39. The third kappa shape index (κ3) is 5.25. The molecule has 2 aromatic rings. The topological polar surface area (TPSA) is 85.1 Å². The van der Waals surface area contributed by atoms with Gasteiger partial charge in [0.15, 0.2) is 0 Å². The van der Waals surface area contributed by atoms with Crippen molar-refractivity contribution in [2.24, 2.45) is 5.92 Å². The number of para-hydroxylation sites is 1. The summed E-state index contributed by atoms with van der Waals surface area (Å²) in [5.74, 6) is 0.810. The number of hydrogen-bond donors (Lipinski definition) is 0. The van der Waals surface area contributed by atoms with Gasteiger partial charge in [0.1, 0.15) is 11.9 Å². The van der Waals surface area contributed by atoms with Crippen LogP contribution in [0.2, 0.25) is 0 Å². The number of benzene rings is 1. The molecule has 2 fully saturated rings. The number of ether oxygens (including phenoxy) is 2. The Morgan fingerprint density at radius 1 is 1.13 bits per heavy atom. The van der Waals surface area contributed by atoms with Gasteiger partial charge in [0.2, 0.25) is 11.7 Å². The second-order valence-electron chi connectivity index (χ2n) is 8.00. The molecule has 3 heterocycles. The highest BCUT2D eigenvalue weighted by Gasteiger charge is 2.36. The Balaban J connectivity index is 1.47. The molecular weight excluding hydrogens is 398 g/mol. The van der Waals surface area contributed by atoms with Gasteiger partial charge in [-0.15, -0.1) is 0 Å². The van der Waals surface area contributed by atoms with Gasteiger partial charge in [0.25, 0.3) is 5.91 Å². The normalized spacial score (nSPS) is 21.7. The molecule has 1 aromatic heterocycles. The van der Waals surface area contributed by atoms with E-state index in [0.717, 1.165) is 11.4 Å². The van der Waals surface area contributed by atoms with Crippen molar-refractivity contribution in [1.82, 2.24) is 15.0 Å². The minimum absolute atomic E-state index is 0.0807. The van der Waals surface area contributed by atoms with Crippen LogP contribution in [-0.2, 0) is 16.0 Å². The molecule has 0 radical (unpaired) electrons. The van der Waals surface area contributed by atoms with Crippen LogP contribution < -0.4 is 4.74 Å². The number of morpholine rings is 1. The zero-order valence-corrected chi connectivity index (χ0v) is 17.9. The maximum atomic E-state index is 13.0. The summed E-state index contributed by atoms with van der Waals surface area (Å²) in [5, 5.41) is 3.93. The first-order valence-electron chi connectivity index (χ1n) is 11.0. The molecule has 0 bridgehead atoms. The molecule has 2 saturated heterocycles. The molecule has 4 rings (SSSR count). The summed E-state index contributed by atoms with van der Waals surface area (Å²) in [4.78, 5) is 29.5. The molecule has 0 aliphatic carbocycles. The van der Waals surface area contributed by atoms with E-state index in [9.17, 15) is 9.59 Å². The summed E-state index contributed by atoms with van der Waals surface area (Å²) >= 11 is 0. The van der Waals surface area contributed by atoms with Gasteiger partial charge in [-0.25, -0.2) is 0 Å². The van der Waals surface area contributed by atoms with Gasteiger partial charge in [-0.1, -0.05) is 30.3 Å². The van der Waals surface area contributed by atoms with Crippen molar-refractivity contribution in [2.75, 3.05) is 39.4 Å². The van der Waals surface area contributed by atoms with Gasteiger partial charge < -0.3 is 23.8 Å². The summed E-state index contributed by atoms with van der Waals surface area (Å²) in [6.45, 7) is 5.29. The summed E-state index contributed by atoms with van der Waals surface area (Å²) in [7, 11) is 0. The van der Waals surface area contributed by atoms with E-state index in [-0.39, 0.29) is 29.6 Å². The second kappa shape index (κ2) is 9.96. The van der Waals surface area contributed by atoms with Crippen LogP contribution >= 0.6 is 0 Å². The summed E-state index contributed by atoms with van der Waals surface area (Å²) in [6.07, 6.45) is 1.55. The minimum Gasteiger partial charge on any atom is -0.490 e. The first-order chi connectivity index (χ1) is 15.1. The Labute approximate surface area is 182 Å². The van der Waals surface area contributed by atoms with Crippen molar-refractivity contribution in [1.29, 1.82) is 0 Å². The molecule has 1 aromatic carbocycles. The van der Waals surface area contributed by atoms with Crippen molar-refractivity contribution >= 4 is 11.8 Å². The maximum absolute atomic E-state index is 13.0. The van der Waals surface area contributed by atoms with E-state index < -0.39 is 0 Å². The zero-order valence-electron chi connectivity index (χ0n) is 17.9. The number of nitrogens with zero attached hydrogens (tertiary/aromatic N) is 3. The van der Waals surface area contributed by atoms with E-state index >= 15 is 0 Å². The fourth-order valence-corrected chi connectivity index (χ4v) is 4.12. The van der Waals surface area contributed by atoms with E-state index in [1.807, 2.05) is 42.2 Å². The molecule has 2 aliphatic heterocycles. The van der Waals surface area contributed by atoms with Crippen LogP contribution in [0, 0.1) is 5.92 Å².